The number of rotatable bonds is 8. The van der Waals surface area contributed by atoms with E-state index in [1.165, 1.54) is 54.8 Å². The van der Waals surface area contributed by atoms with Crippen LogP contribution < -0.4 is 9.47 Å². The maximum absolute atomic E-state index is 6.06. The van der Waals surface area contributed by atoms with Crippen LogP contribution >= 0.6 is 11.3 Å². The van der Waals surface area contributed by atoms with Crippen LogP contribution in [0.5, 0.6) is 11.5 Å². The molecule has 0 aliphatic carbocycles. The van der Waals surface area contributed by atoms with Gasteiger partial charge in [0.2, 0.25) is 0 Å². The molecule has 30 heavy (non-hydrogen) atoms. The standard InChI is InChI=1S/C26H31NO2S/c1-28-24-9-6-8-22(20-24)26(25-10-7-19-30-25)21-11-13-23(14-12-21)29-18-17-27-15-4-2-3-5-16-27/h6-14,19-20,26H,2-5,15-18H2,1H3/t26-/m1/s1. The van der Waals surface area contributed by atoms with Crippen molar-refractivity contribution in [2.75, 3.05) is 33.4 Å². The molecule has 0 amide bonds. The Bertz CT molecular complexity index is 884. The third-order valence-electron chi connectivity index (χ3n) is 5.84. The van der Waals surface area contributed by atoms with Gasteiger partial charge in [-0.3, -0.25) is 4.90 Å². The van der Waals surface area contributed by atoms with Gasteiger partial charge in [0, 0.05) is 17.3 Å². The first-order valence-corrected chi connectivity index (χ1v) is 11.8. The number of nitrogens with zero attached hydrogens (tertiary/aromatic N) is 1. The van der Waals surface area contributed by atoms with Crippen LogP contribution in [-0.2, 0) is 0 Å². The number of thiophene rings is 1. The fourth-order valence-corrected chi connectivity index (χ4v) is 5.09. The first-order valence-electron chi connectivity index (χ1n) is 11.0. The van der Waals surface area contributed by atoms with Crippen LogP contribution in [0, 0.1) is 0 Å². The maximum atomic E-state index is 6.06. The van der Waals surface area contributed by atoms with Crippen LogP contribution in [0.15, 0.2) is 66.0 Å². The topological polar surface area (TPSA) is 21.7 Å². The molecule has 1 saturated heterocycles. The maximum Gasteiger partial charge on any atom is 0.119 e. The summed E-state index contributed by atoms with van der Waals surface area (Å²) in [5.74, 6) is 2.04. The second-order valence-corrected chi connectivity index (χ2v) is 8.88. The van der Waals surface area contributed by atoms with Crippen LogP contribution in [0.1, 0.15) is 47.6 Å². The van der Waals surface area contributed by atoms with Crippen LogP contribution in [0.3, 0.4) is 0 Å². The van der Waals surface area contributed by atoms with Gasteiger partial charge in [-0.25, -0.2) is 0 Å². The molecular weight excluding hydrogens is 390 g/mol. The average molecular weight is 422 g/mol. The predicted octanol–water partition coefficient (Wildman–Crippen LogP) is 6.19. The Balaban J connectivity index is 1.44. The highest BCUT2D eigenvalue weighted by Crippen LogP contribution is 2.36. The Kier molecular flexibility index (Phi) is 7.44. The summed E-state index contributed by atoms with van der Waals surface area (Å²) in [7, 11) is 1.72. The van der Waals surface area contributed by atoms with Crippen molar-refractivity contribution in [3.8, 4) is 11.5 Å². The summed E-state index contributed by atoms with van der Waals surface area (Å²) in [6.07, 6.45) is 5.39. The van der Waals surface area contributed by atoms with Gasteiger partial charge in [-0.15, -0.1) is 11.3 Å². The molecule has 1 aliphatic rings. The molecule has 3 nitrogen and oxygen atoms in total. The highest BCUT2D eigenvalue weighted by atomic mass is 32.1. The van der Waals surface area contributed by atoms with E-state index >= 15 is 0 Å². The van der Waals surface area contributed by atoms with Gasteiger partial charge in [-0.05, 0) is 72.8 Å². The minimum absolute atomic E-state index is 0.200. The summed E-state index contributed by atoms with van der Waals surface area (Å²) in [4.78, 5) is 3.87. The number of hydrogen-bond donors (Lipinski definition) is 0. The van der Waals surface area contributed by atoms with E-state index in [4.69, 9.17) is 9.47 Å². The third kappa shape index (κ3) is 5.44. The molecule has 4 heteroatoms. The van der Waals surface area contributed by atoms with Gasteiger partial charge >= 0.3 is 0 Å². The normalized spacial score (nSPS) is 16.0. The fraction of sp³-hybridized carbons (Fsp3) is 0.385. The lowest BCUT2D eigenvalue weighted by Gasteiger charge is -2.20. The van der Waals surface area contributed by atoms with Crippen molar-refractivity contribution in [2.45, 2.75) is 31.6 Å². The SMILES string of the molecule is COc1cccc([C@@H](c2ccc(OCCN3CCCCCC3)cc2)c2cccs2)c1. The molecule has 0 spiro atoms. The van der Waals surface area contributed by atoms with Crippen LogP contribution in [0.4, 0.5) is 0 Å². The highest BCUT2D eigenvalue weighted by Gasteiger charge is 2.18. The van der Waals surface area contributed by atoms with Crippen molar-refractivity contribution in [1.82, 2.24) is 4.90 Å². The van der Waals surface area contributed by atoms with Crippen molar-refractivity contribution in [3.63, 3.8) is 0 Å². The minimum atomic E-state index is 0.200. The summed E-state index contributed by atoms with van der Waals surface area (Å²) in [5, 5.41) is 2.14. The lowest BCUT2D eigenvalue weighted by molar-refractivity contribution is 0.214. The molecule has 4 rings (SSSR count). The summed E-state index contributed by atoms with van der Waals surface area (Å²) in [6.45, 7) is 4.20. The molecule has 0 bridgehead atoms. The summed E-state index contributed by atoms with van der Waals surface area (Å²) in [5.41, 5.74) is 2.51. The van der Waals surface area contributed by atoms with Gasteiger partial charge in [0.1, 0.15) is 18.1 Å². The molecule has 2 heterocycles. The number of methoxy groups -OCH3 is 1. The third-order valence-corrected chi connectivity index (χ3v) is 6.78. The molecular formula is C26H31NO2S. The average Bonchev–Trinajstić information content (AvgIpc) is 3.18. The summed E-state index contributed by atoms with van der Waals surface area (Å²) in [6, 6.07) is 21.3. The van der Waals surface area contributed by atoms with Crippen LogP contribution in [-0.4, -0.2) is 38.3 Å². The minimum Gasteiger partial charge on any atom is -0.497 e. The lowest BCUT2D eigenvalue weighted by atomic mass is 9.90. The molecule has 1 aliphatic heterocycles. The van der Waals surface area contributed by atoms with Crippen LogP contribution in [0.25, 0.3) is 0 Å². The van der Waals surface area contributed by atoms with E-state index in [0.717, 1.165) is 24.7 Å². The van der Waals surface area contributed by atoms with Gasteiger partial charge in [0.15, 0.2) is 0 Å². The molecule has 0 unspecified atom stereocenters. The molecule has 1 fully saturated rings. The van der Waals surface area contributed by atoms with Crippen LogP contribution in [0.2, 0.25) is 0 Å². The van der Waals surface area contributed by atoms with Crippen molar-refractivity contribution in [2.24, 2.45) is 0 Å². The van der Waals surface area contributed by atoms with Gasteiger partial charge < -0.3 is 9.47 Å². The van der Waals surface area contributed by atoms with E-state index in [0.29, 0.717) is 0 Å². The van der Waals surface area contributed by atoms with E-state index in [1.807, 2.05) is 6.07 Å². The molecule has 3 aromatic rings. The van der Waals surface area contributed by atoms with E-state index in [1.54, 1.807) is 18.4 Å². The van der Waals surface area contributed by atoms with E-state index in [9.17, 15) is 0 Å². The van der Waals surface area contributed by atoms with Crippen molar-refractivity contribution < 1.29 is 9.47 Å². The zero-order valence-electron chi connectivity index (χ0n) is 17.8. The number of hydrogen-bond acceptors (Lipinski definition) is 4. The number of benzene rings is 2. The molecule has 2 aromatic carbocycles. The summed E-state index contributed by atoms with van der Waals surface area (Å²) < 4.78 is 11.5. The summed E-state index contributed by atoms with van der Waals surface area (Å²) >= 11 is 1.79. The molecule has 1 aromatic heterocycles. The largest absolute Gasteiger partial charge is 0.497 e. The van der Waals surface area contributed by atoms with Gasteiger partial charge in [-0.2, -0.15) is 0 Å². The zero-order chi connectivity index (χ0) is 20.6. The van der Waals surface area contributed by atoms with E-state index < -0.39 is 0 Å². The lowest BCUT2D eigenvalue weighted by Crippen LogP contribution is -2.29. The van der Waals surface area contributed by atoms with E-state index in [2.05, 4.69) is 64.9 Å². The molecule has 0 radical (unpaired) electrons. The highest BCUT2D eigenvalue weighted by molar-refractivity contribution is 7.10. The Morgan fingerprint density at radius 3 is 2.37 bits per heavy atom. The number of ether oxygens (including phenoxy) is 2. The molecule has 158 valence electrons. The first kappa shape index (κ1) is 21.0. The first-order chi connectivity index (χ1) is 14.8. The Morgan fingerprint density at radius 1 is 0.867 bits per heavy atom. The Hall–Kier alpha value is -2.30. The molecule has 1 atom stereocenters. The predicted molar refractivity (Wildman–Crippen MR) is 125 cm³/mol. The Morgan fingerprint density at radius 2 is 1.67 bits per heavy atom. The van der Waals surface area contributed by atoms with Crippen molar-refractivity contribution in [1.29, 1.82) is 0 Å². The fourth-order valence-electron chi connectivity index (χ4n) is 4.21. The van der Waals surface area contributed by atoms with Gasteiger partial charge in [0.05, 0.1) is 7.11 Å². The number of likely N-dealkylation sites (tertiary alicyclic amines) is 1. The van der Waals surface area contributed by atoms with Gasteiger partial charge in [-0.1, -0.05) is 43.2 Å². The van der Waals surface area contributed by atoms with Gasteiger partial charge in [0.25, 0.3) is 0 Å². The zero-order valence-corrected chi connectivity index (χ0v) is 18.6. The smallest absolute Gasteiger partial charge is 0.119 e. The van der Waals surface area contributed by atoms with Crippen molar-refractivity contribution in [3.05, 3.63) is 82.0 Å². The molecule has 0 saturated carbocycles. The molecule has 0 N–H and O–H groups in total. The second-order valence-electron chi connectivity index (χ2n) is 7.90. The second kappa shape index (κ2) is 10.6. The monoisotopic (exact) mass is 421 g/mol. The quantitative estimate of drug-likeness (QED) is 0.433. The van der Waals surface area contributed by atoms with Crippen molar-refractivity contribution >= 4 is 11.3 Å². The van der Waals surface area contributed by atoms with E-state index in [-0.39, 0.29) is 5.92 Å². The Labute approximate surface area is 184 Å².